The van der Waals surface area contributed by atoms with E-state index in [1.54, 1.807) is 24.3 Å². The van der Waals surface area contributed by atoms with E-state index in [0.717, 1.165) is 40.2 Å². The van der Waals surface area contributed by atoms with Crippen molar-refractivity contribution in [1.82, 2.24) is 5.32 Å². The molecule has 0 spiro atoms. The Morgan fingerprint density at radius 3 is 2.62 bits per heavy atom. The van der Waals surface area contributed by atoms with E-state index in [1.165, 1.54) is 0 Å². The van der Waals surface area contributed by atoms with Gasteiger partial charge in [0.05, 0.1) is 13.2 Å². The topological polar surface area (TPSA) is 84.9 Å². The van der Waals surface area contributed by atoms with Crippen LogP contribution in [0.25, 0.3) is 17.2 Å². The molecule has 0 fully saturated rings. The number of hydrogen-bond donors (Lipinski definition) is 2. The van der Waals surface area contributed by atoms with Crippen LogP contribution in [0.2, 0.25) is 0 Å². The van der Waals surface area contributed by atoms with Crippen molar-refractivity contribution in [2.24, 2.45) is 0 Å². The van der Waals surface area contributed by atoms with Crippen molar-refractivity contribution in [2.45, 2.75) is 59.6 Å². The molecule has 32 heavy (non-hydrogen) atoms. The van der Waals surface area contributed by atoms with Crippen LogP contribution in [0.3, 0.4) is 0 Å². The van der Waals surface area contributed by atoms with Gasteiger partial charge in [0, 0.05) is 22.6 Å². The highest BCUT2D eigenvalue weighted by molar-refractivity contribution is 7.10. The number of carbonyl (C=O) groups excluding carboxylic acids is 1. The zero-order chi connectivity index (χ0) is 23.7. The summed E-state index contributed by atoms with van der Waals surface area (Å²) in [6, 6.07) is 7.82. The number of nitrogens with one attached hydrogen (secondary N) is 1. The van der Waals surface area contributed by atoms with Crippen molar-refractivity contribution >= 4 is 29.4 Å². The van der Waals surface area contributed by atoms with E-state index in [0.29, 0.717) is 13.2 Å². The smallest absolute Gasteiger partial charge is 0.331 e. The molecule has 1 aromatic carbocycles. The minimum Gasteiger partial charge on any atom is -0.493 e. The lowest BCUT2D eigenvalue weighted by atomic mass is 10.0. The van der Waals surface area contributed by atoms with Gasteiger partial charge in [0.2, 0.25) is 0 Å². The summed E-state index contributed by atoms with van der Waals surface area (Å²) < 4.78 is 11.3. The molecule has 2 N–H and O–H groups in total. The van der Waals surface area contributed by atoms with E-state index in [1.807, 2.05) is 39.0 Å². The Balaban J connectivity index is 2.14. The van der Waals surface area contributed by atoms with Crippen LogP contribution in [-0.2, 0) is 20.9 Å². The average Bonchev–Trinajstić information content (AvgIpc) is 3.15. The molecule has 2 rings (SSSR count). The second kappa shape index (κ2) is 11.8. The van der Waals surface area contributed by atoms with E-state index >= 15 is 0 Å². The Morgan fingerprint density at radius 1 is 1.22 bits per heavy atom. The normalized spacial score (nSPS) is 12.0. The summed E-state index contributed by atoms with van der Waals surface area (Å²) in [5, 5.41) is 14.3. The third kappa shape index (κ3) is 8.48. The summed E-state index contributed by atoms with van der Waals surface area (Å²) in [5.41, 5.74) is 2.55. The molecule has 2 aromatic rings. The number of carbonyl (C=O) groups is 2. The summed E-state index contributed by atoms with van der Waals surface area (Å²) in [7, 11) is 0. The van der Waals surface area contributed by atoms with Gasteiger partial charge in [-0.25, -0.2) is 4.79 Å². The Kier molecular flexibility index (Phi) is 9.47. The van der Waals surface area contributed by atoms with Crippen molar-refractivity contribution in [3.63, 3.8) is 0 Å². The average molecular weight is 460 g/mol. The van der Waals surface area contributed by atoms with Gasteiger partial charge in [-0.1, -0.05) is 25.5 Å². The summed E-state index contributed by atoms with van der Waals surface area (Å²) in [5.74, 6) is -0.485. The maximum atomic E-state index is 11.9. The predicted molar refractivity (Wildman–Crippen MR) is 129 cm³/mol. The van der Waals surface area contributed by atoms with Gasteiger partial charge in [-0.2, -0.15) is 0 Å². The summed E-state index contributed by atoms with van der Waals surface area (Å²) in [6.07, 6.45) is 3.61. The zero-order valence-electron chi connectivity index (χ0n) is 19.5. The molecule has 0 unspecified atom stereocenters. The number of carboxylic acid groups (broad SMARTS) is 1. The standard InChI is InChI=1S/C25H33NO5S/c1-6-7-10-30-22-12-18(11-17(2)24(28)29)8-9-21(22)19-13-20(32-16-19)14-26-15-23(27)31-25(3,4)5/h8-9,11-13,16,26H,6-7,10,14-15H2,1-5H3,(H,28,29)/b17-11+. The van der Waals surface area contributed by atoms with Gasteiger partial charge in [0.15, 0.2) is 0 Å². The molecule has 0 bridgehead atoms. The summed E-state index contributed by atoms with van der Waals surface area (Å²) in [6.45, 7) is 10.5. The fraction of sp³-hybridized carbons (Fsp3) is 0.440. The van der Waals surface area contributed by atoms with E-state index in [2.05, 4.69) is 23.7 Å². The highest BCUT2D eigenvalue weighted by Gasteiger charge is 2.16. The van der Waals surface area contributed by atoms with Gasteiger partial charge < -0.3 is 19.9 Å². The zero-order valence-corrected chi connectivity index (χ0v) is 20.3. The molecule has 0 saturated carbocycles. The maximum absolute atomic E-state index is 11.9. The second-order valence-corrected chi connectivity index (χ2v) is 9.58. The van der Waals surface area contributed by atoms with E-state index in [9.17, 15) is 9.59 Å². The number of benzene rings is 1. The van der Waals surface area contributed by atoms with E-state index in [4.69, 9.17) is 14.6 Å². The monoisotopic (exact) mass is 459 g/mol. The maximum Gasteiger partial charge on any atom is 0.331 e. The molecule has 1 aromatic heterocycles. The number of carboxylic acids is 1. The van der Waals surface area contributed by atoms with Crippen LogP contribution < -0.4 is 10.1 Å². The third-order valence-corrected chi connectivity index (χ3v) is 5.37. The Bertz CT molecular complexity index is 955. The lowest BCUT2D eigenvalue weighted by Crippen LogP contribution is -2.31. The van der Waals surface area contributed by atoms with Gasteiger partial charge >= 0.3 is 11.9 Å². The first kappa shape index (κ1) is 25.6. The fourth-order valence-electron chi connectivity index (χ4n) is 2.90. The number of hydrogen-bond acceptors (Lipinski definition) is 6. The number of rotatable bonds is 11. The first-order chi connectivity index (χ1) is 15.1. The van der Waals surface area contributed by atoms with Crippen LogP contribution in [0.5, 0.6) is 5.75 Å². The largest absolute Gasteiger partial charge is 0.493 e. The molecule has 174 valence electrons. The van der Waals surface area contributed by atoms with Crippen LogP contribution >= 0.6 is 11.3 Å². The summed E-state index contributed by atoms with van der Waals surface area (Å²) in [4.78, 5) is 24.1. The van der Waals surface area contributed by atoms with Crippen LogP contribution in [0.15, 0.2) is 35.2 Å². The molecule has 0 aliphatic heterocycles. The fourth-order valence-corrected chi connectivity index (χ4v) is 3.76. The van der Waals surface area contributed by atoms with Gasteiger partial charge in [-0.15, -0.1) is 11.3 Å². The van der Waals surface area contributed by atoms with Crippen LogP contribution in [-0.4, -0.2) is 35.8 Å². The molecule has 6 nitrogen and oxygen atoms in total. The second-order valence-electron chi connectivity index (χ2n) is 8.58. The third-order valence-electron chi connectivity index (χ3n) is 4.43. The van der Waals surface area contributed by atoms with Crippen LogP contribution in [0, 0.1) is 0 Å². The lowest BCUT2D eigenvalue weighted by molar-refractivity contribution is -0.153. The quantitative estimate of drug-likeness (QED) is 0.262. The van der Waals surface area contributed by atoms with E-state index < -0.39 is 11.6 Å². The summed E-state index contributed by atoms with van der Waals surface area (Å²) >= 11 is 1.61. The molecule has 0 atom stereocenters. The number of esters is 1. The SMILES string of the molecule is CCCCOc1cc(/C=C(\C)C(=O)O)ccc1-c1csc(CNCC(=O)OC(C)(C)C)c1. The van der Waals surface area contributed by atoms with Crippen molar-refractivity contribution in [3.05, 3.63) is 45.7 Å². The molecule has 0 aliphatic carbocycles. The molecule has 7 heteroatoms. The highest BCUT2D eigenvalue weighted by atomic mass is 32.1. The molecular weight excluding hydrogens is 426 g/mol. The molecule has 0 amide bonds. The predicted octanol–water partition coefficient (Wildman–Crippen LogP) is 5.51. The minimum absolute atomic E-state index is 0.153. The van der Waals surface area contributed by atoms with Crippen molar-refractivity contribution in [3.8, 4) is 16.9 Å². The highest BCUT2D eigenvalue weighted by Crippen LogP contribution is 2.34. The molecule has 0 radical (unpaired) electrons. The number of thiophene rings is 1. The minimum atomic E-state index is -0.941. The van der Waals surface area contributed by atoms with Crippen molar-refractivity contribution in [2.75, 3.05) is 13.2 Å². The van der Waals surface area contributed by atoms with Gasteiger partial charge in [0.1, 0.15) is 11.4 Å². The number of unbranched alkanes of at least 4 members (excludes halogenated alkanes) is 1. The number of ether oxygens (including phenoxy) is 2. The lowest BCUT2D eigenvalue weighted by Gasteiger charge is -2.19. The Labute approximate surface area is 194 Å². The first-order valence-corrected chi connectivity index (χ1v) is 11.7. The molecular formula is C25H33NO5S. The molecule has 1 heterocycles. The van der Waals surface area contributed by atoms with Gasteiger partial charge in [0.25, 0.3) is 0 Å². The van der Waals surface area contributed by atoms with Crippen LogP contribution in [0.4, 0.5) is 0 Å². The van der Waals surface area contributed by atoms with Gasteiger partial charge in [-0.05, 0) is 68.8 Å². The van der Waals surface area contributed by atoms with Crippen LogP contribution in [0.1, 0.15) is 57.9 Å². The first-order valence-electron chi connectivity index (χ1n) is 10.8. The van der Waals surface area contributed by atoms with Gasteiger partial charge in [-0.3, -0.25) is 4.79 Å². The molecule has 0 saturated heterocycles. The van der Waals surface area contributed by atoms with E-state index in [-0.39, 0.29) is 18.1 Å². The Hall–Kier alpha value is -2.64. The molecule has 0 aliphatic rings. The van der Waals surface area contributed by atoms with Crippen molar-refractivity contribution in [1.29, 1.82) is 0 Å². The van der Waals surface area contributed by atoms with Crippen molar-refractivity contribution < 1.29 is 24.2 Å². The number of aliphatic carboxylic acids is 1. The Morgan fingerprint density at radius 2 is 1.97 bits per heavy atom.